The van der Waals surface area contributed by atoms with Crippen molar-refractivity contribution in [1.82, 2.24) is 4.90 Å². The van der Waals surface area contributed by atoms with Gasteiger partial charge in [0.1, 0.15) is 0 Å². The monoisotopic (exact) mass is 211 g/mol. The first kappa shape index (κ1) is 12.5. The molecule has 0 aromatic rings. The summed E-state index contributed by atoms with van der Waals surface area (Å²) >= 11 is 0. The molecular weight excluding hydrogens is 186 g/mol. The predicted octanol–water partition coefficient (Wildman–Crippen LogP) is 3.07. The lowest BCUT2D eigenvalue weighted by Crippen LogP contribution is -2.51. The number of likely N-dealkylation sites (tertiary alicyclic amines) is 1. The van der Waals surface area contributed by atoms with Gasteiger partial charge in [-0.15, -0.1) is 0 Å². The van der Waals surface area contributed by atoms with E-state index in [0.29, 0.717) is 11.8 Å². The molecule has 0 N–H and O–H groups in total. The van der Waals surface area contributed by atoms with Crippen LogP contribution in [0.4, 0.5) is 0 Å². The van der Waals surface area contributed by atoms with E-state index in [1.54, 1.807) is 0 Å². The molecule has 1 fully saturated rings. The van der Waals surface area contributed by atoms with Crippen LogP contribution < -0.4 is 0 Å². The Bertz CT molecular complexity index is 227. The highest BCUT2D eigenvalue weighted by molar-refractivity contribution is 5.80. The van der Waals surface area contributed by atoms with Crippen molar-refractivity contribution in [1.29, 1.82) is 0 Å². The van der Waals surface area contributed by atoms with Gasteiger partial charge in [0.25, 0.3) is 0 Å². The maximum atomic E-state index is 12.2. The van der Waals surface area contributed by atoms with E-state index in [-0.39, 0.29) is 11.5 Å². The van der Waals surface area contributed by atoms with Gasteiger partial charge in [-0.3, -0.25) is 4.79 Å². The molecular formula is C13H25NO. The molecule has 1 rings (SSSR count). The van der Waals surface area contributed by atoms with Gasteiger partial charge in [-0.05, 0) is 46.0 Å². The second-order valence-corrected chi connectivity index (χ2v) is 6.13. The van der Waals surface area contributed by atoms with Crippen molar-refractivity contribution in [3.05, 3.63) is 0 Å². The number of hydrogen-bond acceptors (Lipinski definition) is 1. The van der Waals surface area contributed by atoms with Gasteiger partial charge in [-0.2, -0.15) is 0 Å². The molecule has 1 heterocycles. The minimum Gasteiger partial charge on any atom is -0.338 e. The Balaban J connectivity index is 2.67. The number of hydrogen-bond donors (Lipinski definition) is 0. The maximum absolute atomic E-state index is 12.2. The molecule has 0 bridgehead atoms. The largest absolute Gasteiger partial charge is 0.338 e. The second-order valence-electron chi connectivity index (χ2n) is 6.13. The maximum Gasteiger partial charge on any atom is 0.226 e. The predicted molar refractivity (Wildman–Crippen MR) is 63.6 cm³/mol. The highest BCUT2D eigenvalue weighted by Gasteiger charge is 2.34. The standard InChI is InChI=1S/C13H25NO/c1-10(2)9-11-7-6-8-14(12(11)15)13(3,4)5/h10-11H,6-9H2,1-5H3. The van der Waals surface area contributed by atoms with E-state index in [1.807, 2.05) is 0 Å². The molecule has 1 atom stereocenters. The fraction of sp³-hybridized carbons (Fsp3) is 0.923. The summed E-state index contributed by atoms with van der Waals surface area (Å²) in [5, 5.41) is 0. The van der Waals surface area contributed by atoms with E-state index >= 15 is 0 Å². The van der Waals surface area contributed by atoms with Crippen LogP contribution in [0.25, 0.3) is 0 Å². The van der Waals surface area contributed by atoms with Gasteiger partial charge < -0.3 is 4.90 Å². The normalized spacial score (nSPS) is 23.7. The van der Waals surface area contributed by atoms with Gasteiger partial charge in [-0.1, -0.05) is 13.8 Å². The lowest BCUT2D eigenvalue weighted by molar-refractivity contribution is -0.144. The van der Waals surface area contributed by atoms with E-state index in [9.17, 15) is 4.79 Å². The Hall–Kier alpha value is -0.530. The van der Waals surface area contributed by atoms with Crippen LogP contribution in [-0.2, 0) is 4.79 Å². The molecule has 15 heavy (non-hydrogen) atoms. The molecule has 0 saturated carbocycles. The summed E-state index contributed by atoms with van der Waals surface area (Å²) in [6.07, 6.45) is 3.30. The van der Waals surface area contributed by atoms with Gasteiger partial charge in [0.2, 0.25) is 5.91 Å². The number of piperidine rings is 1. The average molecular weight is 211 g/mol. The summed E-state index contributed by atoms with van der Waals surface area (Å²) in [6, 6.07) is 0. The number of rotatable bonds is 2. The molecule has 1 saturated heterocycles. The van der Waals surface area contributed by atoms with Crippen molar-refractivity contribution >= 4 is 5.91 Å². The first-order valence-electron chi connectivity index (χ1n) is 6.14. The van der Waals surface area contributed by atoms with Crippen LogP contribution in [-0.4, -0.2) is 22.9 Å². The summed E-state index contributed by atoms with van der Waals surface area (Å²) in [4.78, 5) is 14.3. The van der Waals surface area contributed by atoms with Crippen molar-refractivity contribution in [2.45, 2.75) is 59.4 Å². The molecule has 0 aliphatic carbocycles. The third-order valence-electron chi connectivity index (χ3n) is 3.12. The summed E-state index contributed by atoms with van der Waals surface area (Å²) in [5.74, 6) is 1.28. The molecule has 1 aliphatic rings. The van der Waals surface area contributed by atoms with Crippen molar-refractivity contribution < 1.29 is 4.79 Å². The summed E-state index contributed by atoms with van der Waals surface area (Å²) in [7, 11) is 0. The Morgan fingerprint density at radius 2 is 2.00 bits per heavy atom. The third kappa shape index (κ3) is 3.22. The highest BCUT2D eigenvalue weighted by atomic mass is 16.2. The first-order valence-corrected chi connectivity index (χ1v) is 6.14. The van der Waals surface area contributed by atoms with Crippen LogP contribution in [0.1, 0.15) is 53.9 Å². The Morgan fingerprint density at radius 3 is 2.47 bits per heavy atom. The molecule has 2 heteroatoms. The zero-order chi connectivity index (χ0) is 11.6. The van der Waals surface area contributed by atoms with Crippen molar-refractivity contribution in [3.8, 4) is 0 Å². The zero-order valence-electron chi connectivity index (χ0n) is 10.8. The molecule has 88 valence electrons. The van der Waals surface area contributed by atoms with Crippen molar-refractivity contribution in [3.63, 3.8) is 0 Å². The van der Waals surface area contributed by atoms with Crippen LogP contribution >= 0.6 is 0 Å². The van der Waals surface area contributed by atoms with E-state index in [0.717, 1.165) is 19.4 Å². The van der Waals surface area contributed by atoms with Crippen LogP contribution in [0, 0.1) is 11.8 Å². The van der Waals surface area contributed by atoms with Crippen LogP contribution in [0.5, 0.6) is 0 Å². The smallest absolute Gasteiger partial charge is 0.226 e. The topological polar surface area (TPSA) is 20.3 Å². The number of carbonyl (C=O) groups excluding carboxylic acids is 1. The molecule has 2 nitrogen and oxygen atoms in total. The molecule has 0 radical (unpaired) electrons. The number of amides is 1. The Kier molecular flexibility index (Phi) is 3.80. The van der Waals surface area contributed by atoms with Crippen LogP contribution in [0.15, 0.2) is 0 Å². The number of carbonyl (C=O) groups is 1. The first-order chi connectivity index (χ1) is 6.82. The minimum atomic E-state index is -0.00721. The molecule has 1 unspecified atom stereocenters. The summed E-state index contributed by atoms with van der Waals surface area (Å²) in [5.41, 5.74) is -0.00721. The molecule has 1 aliphatic heterocycles. The second kappa shape index (κ2) is 4.54. The zero-order valence-corrected chi connectivity index (χ0v) is 10.8. The third-order valence-corrected chi connectivity index (χ3v) is 3.12. The fourth-order valence-electron chi connectivity index (χ4n) is 2.40. The van der Waals surface area contributed by atoms with Crippen LogP contribution in [0.3, 0.4) is 0 Å². The Morgan fingerprint density at radius 1 is 1.40 bits per heavy atom. The van der Waals surface area contributed by atoms with Crippen molar-refractivity contribution in [2.75, 3.05) is 6.54 Å². The Labute approximate surface area is 94.0 Å². The van der Waals surface area contributed by atoms with E-state index in [2.05, 4.69) is 39.5 Å². The SMILES string of the molecule is CC(C)CC1CCCN(C(C)(C)C)C1=O. The van der Waals surface area contributed by atoms with E-state index in [1.165, 1.54) is 6.42 Å². The quantitative estimate of drug-likeness (QED) is 0.687. The van der Waals surface area contributed by atoms with E-state index in [4.69, 9.17) is 0 Å². The molecule has 0 spiro atoms. The van der Waals surface area contributed by atoms with Crippen LogP contribution in [0.2, 0.25) is 0 Å². The lowest BCUT2D eigenvalue weighted by Gasteiger charge is -2.41. The van der Waals surface area contributed by atoms with Gasteiger partial charge in [-0.25, -0.2) is 0 Å². The van der Waals surface area contributed by atoms with Crippen molar-refractivity contribution in [2.24, 2.45) is 11.8 Å². The summed E-state index contributed by atoms with van der Waals surface area (Å²) < 4.78 is 0. The average Bonchev–Trinajstić information content (AvgIpc) is 2.05. The fourth-order valence-corrected chi connectivity index (χ4v) is 2.40. The molecule has 0 aromatic carbocycles. The van der Waals surface area contributed by atoms with Gasteiger partial charge in [0.05, 0.1) is 0 Å². The van der Waals surface area contributed by atoms with Gasteiger partial charge in [0.15, 0.2) is 0 Å². The molecule has 0 aromatic heterocycles. The van der Waals surface area contributed by atoms with Gasteiger partial charge in [0, 0.05) is 18.0 Å². The lowest BCUT2D eigenvalue weighted by atomic mass is 9.87. The summed E-state index contributed by atoms with van der Waals surface area (Å²) in [6.45, 7) is 11.7. The highest BCUT2D eigenvalue weighted by Crippen LogP contribution is 2.28. The minimum absolute atomic E-state index is 0.00721. The molecule has 1 amide bonds. The van der Waals surface area contributed by atoms with Gasteiger partial charge >= 0.3 is 0 Å². The van der Waals surface area contributed by atoms with E-state index < -0.39 is 0 Å². The number of nitrogens with zero attached hydrogens (tertiary/aromatic N) is 1.